The average Bonchev–Trinajstić information content (AvgIpc) is 1.66. The summed E-state index contributed by atoms with van der Waals surface area (Å²) in [6.07, 6.45) is 2.39. The van der Waals surface area contributed by atoms with Crippen LogP contribution in [0.15, 0.2) is 0 Å². The van der Waals surface area contributed by atoms with Crippen molar-refractivity contribution >= 4 is 0 Å². The summed E-state index contributed by atoms with van der Waals surface area (Å²) in [4.78, 5) is 0. The SMILES string of the molecule is CC(C)O.CCCC[NH3+].[I-]. The number of hydrogen-bond donors (Lipinski definition) is 2. The van der Waals surface area contributed by atoms with Crippen molar-refractivity contribution in [2.45, 2.75) is 39.7 Å². The van der Waals surface area contributed by atoms with Crippen LogP contribution in [-0.2, 0) is 0 Å². The Kier molecular flexibility index (Phi) is 27.7. The second kappa shape index (κ2) is 16.3. The number of halogens is 1. The molecule has 0 amide bonds. The molecule has 0 aromatic heterocycles. The third kappa shape index (κ3) is 72.1. The number of aliphatic hydroxyl groups excluding tert-OH is 1. The fraction of sp³-hybridized carbons (Fsp3) is 1.00. The van der Waals surface area contributed by atoms with Gasteiger partial charge in [-0.1, -0.05) is 13.3 Å². The number of aliphatic hydroxyl groups is 1. The van der Waals surface area contributed by atoms with Gasteiger partial charge in [0.2, 0.25) is 0 Å². The predicted molar refractivity (Wildman–Crippen MR) is 40.0 cm³/mol. The Morgan fingerprint density at radius 1 is 1.40 bits per heavy atom. The lowest BCUT2D eigenvalue weighted by molar-refractivity contribution is -0.368. The Labute approximate surface area is 81.2 Å². The third-order valence-corrected chi connectivity index (χ3v) is 0.604. The van der Waals surface area contributed by atoms with Gasteiger partial charge in [-0.05, 0) is 20.3 Å². The van der Waals surface area contributed by atoms with E-state index >= 15 is 0 Å². The van der Waals surface area contributed by atoms with Gasteiger partial charge in [0.05, 0.1) is 6.54 Å². The number of rotatable bonds is 2. The van der Waals surface area contributed by atoms with Crippen molar-refractivity contribution in [3.8, 4) is 0 Å². The van der Waals surface area contributed by atoms with Crippen molar-refractivity contribution in [3.63, 3.8) is 0 Å². The van der Waals surface area contributed by atoms with E-state index in [0.717, 1.165) is 6.54 Å². The second-order valence-corrected chi connectivity index (χ2v) is 2.30. The highest BCUT2D eigenvalue weighted by Gasteiger charge is 1.71. The lowest BCUT2D eigenvalue weighted by Gasteiger charge is -1.80. The smallest absolute Gasteiger partial charge is 0.0739 e. The molecule has 0 atom stereocenters. The maximum absolute atomic E-state index is 8.06. The van der Waals surface area contributed by atoms with Crippen LogP contribution in [0.1, 0.15) is 33.6 Å². The number of hydrogen-bond acceptors (Lipinski definition) is 1. The van der Waals surface area contributed by atoms with Crippen LogP contribution in [-0.4, -0.2) is 17.8 Å². The molecule has 0 unspecified atom stereocenters. The van der Waals surface area contributed by atoms with Gasteiger partial charge in [0.25, 0.3) is 0 Å². The highest BCUT2D eigenvalue weighted by Crippen LogP contribution is 1.75. The topological polar surface area (TPSA) is 47.9 Å². The molecule has 0 saturated heterocycles. The van der Waals surface area contributed by atoms with Gasteiger partial charge in [0.1, 0.15) is 0 Å². The maximum atomic E-state index is 8.06. The Balaban J connectivity index is -0.0000000910. The van der Waals surface area contributed by atoms with Gasteiger partial charge in [0, 0.05) is 6.10 Å². The zero-order chi connectivity index (χ0) is 7.70. The molecule has 0 saturated carbocycles. The highest BCUT2D eigenvalue weighted by molar-refractivity contribution is 4.21. The van der Waals surface area contributed by atoms with E-state index in [-0.39, 0.29) is 30.1 Å². The highest BCUT2D eigenvalue weighted by atomic mass is 127. The molecule has 0 radical (unpaired) electrons. The van der Waals surface area contributed by atoms with Gasteiger partial charge in [-0.3, -0.25) is 0 Å². The van der Waals surface area contributed by atoms with Gasteiger partial charge < -0.3 is 34.8 Å². The summed E-state index contributed by atoms with van der Waals surface area (Å²) in [6, 6.07) is 0. The van der Waals surface area contributed by atoms with E-state index in [1.807, 2.05) is 0 Å². The summed E-state index contributed by atoms with van der Waals surface area (Å²) in [5.74, 6) is 0. The molecule has 0 bridgehead atoms. The first-order valence-electron chi connectivity index (χ1n) is 3.62. The molecule has 66 valence electrons. The Bertz CT molecular complexity index is 37.8. The first-order chi connectivity index (χ1) is 4.15. The molecule has 0 rings (SSSR count). The standard InChI is InChI=1S/C4H11N.C3H8O.HI/c1-2-3-4-5;1-3(2)4;/h2-5H2,1H3;3-4H,1-2H3;1H. The summed E-state index contributed by atoms with van der Waals surface area (Å²) in [7, 11) is 0. The molecule has 0 aliphatic carbocycles. The first-order valence-corrected chi connectivity index (χ1v) is 3.62. The van der Waals surface area contributed by atoms with Gasteiger partial charge >= 0.3 is 0 Å². The molecule has 0 aromatic rings. The van der Waals surface area contributed by atoms with Crippen LogP contribution in [0.2, 0.25) is 0 Å². The molecular weight excluding hydrogens is 241 g/mol. The normalized spacial score (nSPS) is 7.80. The summed E-state index contributed by atoms with van der Waals surface area (Å²) < 4.78 is 0. The minimum atomic E-state index is -0.167. The van der Waals surface area contributed by atoms with Crippen molar-refractivity contribution in [3.05, 3.63) is 0 Å². The Hall–Kier alpha value is 0.650. The lowest BCUT2D eigenvalue weighted by atomic mass is 10.3. The maximum Gasteiger partial charge on any atom is 0.0739 e. The minimum absolute atomic E-state index is 0. The van der Waals surface area contributed by atoms with E-state index in [2.05, 4.69) is 12.7 Å². The van der Waals surface area contributed by atoms with Crippen molar-refractivity contribution in [1.82, 2.24) is 0 Å². The molecular formula is C7H20INO. The molecule has 0 aliphatic rings. The van der Waals surface area contributed by atoms with Gasteiger partial charge in [-0.2, -0.15) is 0 Å². The largest absolute Gasteiger partial charge is 1.00 e. The minimum Gasteiger partial charge on any atom is -1.00 e. The van der Waals surface area contributed by atoms with Crippen molar-refractivity contribution in [2.24, 2.45) is 0 Å². The van der Waals surface area contributed by atoms with Crippen LogP contribution in [0.4, 0.5) is 0 Å². The van der Waals surface area contributed by atoms with Crippen LogP contribution in [0, 0.1) is 0 Å². The van der Waals surface area contributed by atoms with Crippen LogP contribution in [0.25, 0.3) is 0 Å². The van der Waals surface area contributed by atoms with Crippen LogP contribution >= 0.6 is 0 Å². The summed E-state index contributed by atoms with van der Waals surface area (Å²) in [6.45, 7) is 6.71. The number of quaternary nitrogens is 1. The van der Waals surface area contributed by atoms with E-state index in [4.69, 9.17) is 5.11 Å². The zero-order valence-corrected chi connectivity index (χ0v) is 9.39. The summed E-state index contributed by atoms with van der Waals surface area (Å²) >= 11 is 0. The Morgan fingerprint density at radius 3 is 1.70 bits per heavy atom. The molecule has 2 nitrogen and oxygen atoms in total. The quantitative estimate of drug-likeness (QED) is 0.527. The third-order valence-electron chi connectivity index (χ3n) is 0.604. The summed E-state index contributed by atoms with van der Waals surface area (Å²) in [5.41, 5.74) is 3.68. The van der Waals surface area contributed by atoms with Gasteiger partial charge in [0.15, 0.2) is 0 Å². The molecule has 0 heterocycles. The molecule has 0 aromatic carbocycles. The van der Waals surface area contributed by atoms with Crippen LogP contribution in [0.3, 0.4) is 0 Å². The van der Waals surface area contributed by atoms with E-state index in [1.54, 1.807) is 13.8 Å². The van der Waals surface area contributed by atoms with Crippen molar-refractivity contribution < 1.29 is 34.8 Å². The van der Waals surface area contributed by atoms with Crippen molar-refractivity contribution in [1.29, 1.82) is 0 Å². The number of unbranched alkanes of at least 4 members (excludes halogenated alkanes) is 1. The fourth-order valence-corrected chi connectivity index (χ4v) is 0.250. The van der Waals surface area contributed by atoms with E-state index in [9.17, 15) is 0 Å². The van der Waals surface area contributed by atoms with Crippen LogP contribution < -0.4 is 29.7 Å². The molecule has 0 fully saturated rings. The van der Waals surface area contributed by atoms with Gasteiger partial charge in [-0.15, -0.1) is 0 Å². The van der Waals surface area contributed by atoms with Crippen molar-refractivity contribution in [2.75, 3.05) is 6.54 Å². The van der Waals surface area contributed by atoms with E-state index in [1.165, 1.54) is 12.8 Å². The van der Waals surface area contributed by atoms with Crippen LogP contribution in [0.5, 0.6) is 0 Å². The Morgan fingerprint density at radius 2 is 1.70 bits per heavy atom. The molecule has 0 spiro atoms. The average molecular weight is 261 g/mol. The predicted octanol–water partition coefficient (Wildman–Crippen LogP) is -2.58. The second-order valence-electron chi connectivity index (χ2n) is 2.30. The first kappa shape index (κ1) is 16.9. The lowest BCUT2D eigenvalue weighted by Crippen LogP contribution is -3.00. The summed E-state index contributed by atoms with van der Waals surface area (Å²) in [5, 5.41) is 8.06. The van der Waals surface area contributed by atoms with Gasteiger partial charge in [-0.25, -0.2) is 0 Å². The molecule has 4 N–H and O–H groups in total. The zero-order valence-electron chi connectivity index (χ0n) is 7.23. The molecule has 10 heavy (non-hydrogen) atoms. The molecule has 0 aliphatic heterocycles. The van der Waals surface area contributed by atoms with E-state index in [0.29, 0.717) is 0 Å². The van der Waals surface area contributed by atoms with E-state index < -0.39 is 0 Å². The molecule has 3 heteroatoms. The fourth-order valence-electron chi connectivity index (χ4n) is 0.250. The monoisotopic (exact) mass is 261 g/mol.